The van der Waals surface area contributed by atoms with Gasteiger partial charge in [-0.3, -0.25) is 14.4 Å². The predicted octanol–water partition coefficient (Wildman–Crippen LogP) is 1.44. The molecule has 1 aromatic carbocycles. The fraction of sp³-hybridized carbons (Fsp3) is 0.552. The molecule has 0 saturated carbocycles. The monoisotopic (exact) mass is 550 g/mol. The number of carbonyl (C=O) groups is 3. The lowest BCUT2D eigenvalue weighted by Crippen LogP contribution is -2.57. The molecule has 2 bridgehead atoms. The number of nitrogens with zero attached hydrogens (tertiary/aromatic N) is 6. The Kier molecular flexibility index (Phi) is 7.30. The predicted molar refractivity (Wildman–Crippen MR) is 147 cm³/mol. The summed E-state index contributed by atoms with van der Waals surface area (Å²) in [4.78, 5) is 47.2. The Labute approximate surface area is 234 Å². The van der Waals surface area contributed by atoms with Crippen LogP contribution < -0.4 is 0 Å². The van der Waals surface area contributed by atoms with E-state index in [-0.39, 0.29) is 50.0 Å². The highest BCUT2D eigenvalue weighted by atomic mass is 16.5. The zero-order chi connectivity index (χ0) is 28.8. The van der Waals surface area contributed by atoms with Gasteiger partial charge < -0.3 is 24.5 Å². The Morgan fingerprint density at radius 1 is 1.23 bits per heavy atom. The Morgan fingerprint density at radius 2 is 1.95 bits per heavy atom. The lowest BCUT2D eigenvalue weighted by Gasteiger charge is -2.38. The van der Waals surface area contributed by atoms with Crippen LogP contribution in [0.3, 0.4) is 0 Å². The van der Waals surface area contributed by atoms with Crippen LogP contribution in [0, 0.1) is 17.8 Å². The molecule has 3 saturated heterocycles. The van der Waals surface area contributed by atoms with Crippen LogP contribution in [0.25, 0.3) is 11.0 Å². The van der Waals surface area contributed by atoms with E-state index in [9.17, 15) is 19.5 Å². The van der Waals surface area contributed by atoms with Crippen LogP contribution in [-0.2, 0) is 25.8 Å². The van der Waals surface area contributed by atoms with Crippen molar-refractivity contribution in [1.29, 1.82) is 0 Å². The summed E-state index contributed by atoms with van der Waals surface area (Å²) in [5.74, 6) is -2.40. The molecular weight excluding hydrogens is 512 g/mol. The van der Waals surface area contributed by atoms with Gasteiger partial charge in [0.05, 0.1) is 23.0 Å². The molecule has 3 fully saturated rings. The van der Waals surface area contributed by atoms with E-state index in [1.807, 2.05) is 38.1 Å². The number of amides is 3. The maximum absolute atomic E-state index is 14.5. The second kappa shape index (κ2) is 10.4. The molecule has 0 aliphatic carbocycles. The average molecular weight is 551 g/mol. The summed E-state index contributed by atoms with van der Waals surface area (Å²) in [5.41, 5.74) is -0.594. The SMILES string of the molecule is C=CCN(C)C(=O)[C@H]1[C@H]2C(=O)N(CCCO)C(C(=O)N(CC=C)Cn3nnc4ccccc43)C23CC(C)[C@]1(C)O3. The first-order valence-electron chi connectivity index (χ1n) is 13.8. The summed E-state index contributed by atoms with van der Waals surface area (Å²) >= 11 is 0. The van der Waals surface area contributed by atoms with Gasteiger partial charge in [-0.05, 0) is 37.8 Å². The van der Waals surface area contributed by atoms with Gasteiger partial charge in [0.2, 0.25) is 17.7 Å². The van der Waals surface area contributed by atoms with Gasteiger partial charge >= 0.3 is 0 Å². The van der Waals surface area contributed by atoms with Crippen LogP contribution in [0.5, 0.6) is 0 Å². The number of aliphatic hydroxyl groups excluding tert-OH is 1. The number of aliphatic hydroxyl groups is 1. The molecule has 3 aliphatic rings. The number of rotatable bonds is 11. The maximum atomic E-state index is 14.5. The molecule has 2 aromatic rings. The van der Waals surface area contributed by atoms with Crippen LogP contribution in [-0.4, -0.2) is 103 Å². The smallest absolute Gasteiger partial charge is 0.250 e. The standard InChI is InChI=1S/C29H38N6O5/c1-6-13-32(5)25(37)22-23-26(38)34(15-10-16-36)24(29(23)17-19(3)28(22,4)40-29)27(39)33(14-7-2)18-35-21-12-9-8-11-20(21)30-31-35/h6-9,11-12,19,22-24,36H,1-2,10,13-18H2,3-5H3/t19?,22-,23+,24?,28+,29?/m1/s1. The lowest BCUT2D eigenvalue weighted by atomic mass is 9.62. The van der Waals surface area contributed by atoms with Crippen molar-refractivity contribution in [2.24, 2.45) is 17.8 Å². The van der Waals surface area contributed by atoms with Crippen molar-refractivity contribution < 1.29 is 24.2 Å². The summed E-state index contributed by atoms with van der Waals surface area (Å²) in [6, 6.07) is 6.52. The number of para-hydroxylation sites is 1. The van der Waals surface area contributed by atoms with E-state index in [1.54, 1.807) is 33.7 Å². The minimum absolute atomic E-state index is 0.0668. The fourth-order valence-corrected chi connectivity index (χ4v) is 7.13. The third-order valence-electron chi connectivity index (χ3n) is 9.04. The topological polar surface area (TPSA) is 121 Å². The Bertz CT molecular complexity index is 1340. The quantitative estimate of drug-likeness (QED) is 0.420. The Morgan fingerprint density at radius 3 is 2.65 bits per heavy atom. The van der Waals surface area contributed by atoms with Gasteiger partial charge in [0.15, 0.2) is 0 Å². The highest BCUT2D eigenvalue weighted by molar-refractivity contribution is 5.99. The largest absolute Gasteiger partial charge is 0.396 e. The van der Waals surface area contributed by atoms with Gasteiger partial charge in [-0.2, -0.15) is 0 Å². The van der Waals surface area contributed by atoms with Crippen LogP contribution in [0.1, 0.15) is 26.7 Å². The highest BCUT2D eigenvalue weighted by Crippen LogP contribution is 2.65. The third-order valence-corrected chi connectivity index (χ3v) is 9.04. The molecule has 214 valence electrons. The number of hydrogen-bond acceptors (Lipinski definition) is 7. The molecule has 0 radical (unpaired) electrons. The van der Waals surface area contributed by atoms with Crippen molar-refractivity contribution in [3.63, 3.8) is 0 Å². The lowest BCUT2D eigenvalue weighted by molar-refractivity contribution is -0.155. The third kappa shape index (κ3) is 4.05. The number of fused-ring (bicyclic) bond motifs is 2. The van der Waals surface area contributed by atoms with Gasteiger partial charge in [-0.15, -0.1) is 18.3 Å². The number of aromatic nitrogens is 3. The summed E-state index contributed by atoms with van der Waals surface area (Å²) in [6.07, 6.45) is 4.05. The molecule has 3 aliphatic heterocycles. The maximum Gasteiger partial charge on any atom is 0.250 e. The zero-order valence-corrected chi connectivity index (χ0v) is 23.4. The molecular formula is C29H38N6O5. The molecule has 1 spiro atoms. The molecule has 5 rings (SSSR count). The van der Waals surface area contributed by atoms with Crippen molar-refractivity contribution in [3.05, 3.63) is 49.6 Å². The molecule has 11 nitrogen and oxygen atoms in total. The number of benzene rings is 1. The molecule has 4 heterocycles. The second-order valence-electron chi connectivity index (χ2n) is 11.4. The van der Waals surface area contributed by atoms with Crippen molar-refractivity contribution in [1.82, 2.24) is 29.7 Å². The first-order chi connectivity index (χ1) is 19.1. The van der Waals surface area contributed by atoms with Gasteiger partial charge in [0.25, 0.3) is 0 Å². The van der Waals surface area contributed by atoms with E-state index in [0.717, 1.165) is 5.52 Å². The molecule has 40 heavy (non-hydrogen) atoms. The van der Waals surface area contributed by atoms with Gasteiger partial charge in [-0.25, -0.2) is 4.68 Å². The second-order valence-corrected chi connectivity index (χ2v) is 11.4. The van der Waals surface area contributed by atoms with Gasteiger partial charge in [0, 0.05) is 33.3 Å². The molecule has 3 unspecified atom stereocenters. The van der Waals surface area contributed by atoms with E-state index < -0.39 is 29.1 Å². The van der Waals surface area contributed by atoms with E-state index in [0.29, 0.717) is 24.9 Å². The summed E-state index contributed by atoms with van der Waals surface area (Å²) in [7, 11) is 1.69. The van der Waals surface area contributed by atoms with E-state index in [1.165, 1.54) is 4.90 Å². The van der Waals surface area contributed by atoms with Gasteiger partial charge in [0.1, 0.15) is 23.8 Å². The minimum Gasteiger partial charge on any atom is -0.396 e. The number of likely N-dealkylation sites (N-methyl/N-ethyl adjacent to an activating group) is 1. The zero-order valence-electron chi connectivity index (χ0n) is 23.4. The van der Waals surface area contributed by atoms with E-state index >= 15 is 0 Å². The molecule has 1 N–H and O–H groups in total. The van der Waals surface area contributed by atoms with Crippen LogP contribution in [0.4, 0.5) is 0 Å². The summed E-state index contributed by atoms with van der Waals surface area (Å²) in [6.45, 7) is 12.2. The first-order valence-corrected chi connectivity index (χ1v) is 13.8. The molecule has 1 aromatic heterocycles. The van der Waals surface area contributed by atoms with Crippen LogP contribution in [0.15, 0.2) is 49.6 Å². The van der Waals surface area contributed by atoms with Crippen molar-refractivity contribution in [2.75, 3.05) is 33.3 Å². The van der Waals surface area contributed by atoms with E-state index in [4.69, 9.17) is 4.74 Å². The van der Waals surface area contributed by atoms with Crippen molar-refractivity contribution in [2.45, 2.75) is 50.6 Å². The van der Waals surface area contributed by atoms with Crippen molar-refractivity contribution in [3.8, 4) is 0 Å². The van der Waals surface area contributed by atoms with Crippen LogP contribution in [0.2, 0.25) is 0 Å². The van der Waals surface area contributed by atoms with Crippen LogP contribution >= 0.6 is 0 Å². The first kappa shape index (κ1) is 28.0. The molecule has 6 atom stereocenters. The highest BCUT2D eigenvalue weighted by Gasteiger charge is 2.80. The number of hydrogen-bond donors (Lipinski definition) is 1. The average Bonchev–Trinajstić information content (AvgIpc) is 3.60. The summed E-state index contributed by atoms with van der Waals surface area (Å²) < 4.78 is 8.43. The normalized spacial score (nSPS) is 30.5. The number of carbonyl (C=O) groups excluding carboxylic acids is 3. The van der Waals surface area contributed by atoms with Gasteiger partial charge in [-0.1, -0.05) is 36.4 Å². The minimum atomic E-state index is -1.17. The van der Waals surface area contributed by atoms with Crippen molar-refractivity contribution >= 4 is 28.8 Å². The fourth-order valence-electron chi connectivity index (χ4n) is 7.13. The number of likely N-dealkylation sites (tertiary alicyclic amines) is 1. The van der Waals surface area contributed by atoms with E-state index in [2.05, 4.69) is 23.5 Å². The molecule has 11 heteroatoms. The Hall–Kier alpha value is -3.57. The number of ether oxygens (including phenoxy) is 1. The summed E-state index contributed by atoms with van der Waals surface area (Å²) in [5, 5.41) is 18.1. The molecule has 3 amide bonds. The Balaban J connectivity index is 1.56.